The third kappa shape index (κ3) is 2.38. The van der Waals surface area contributed by atoms with E-state index >= 15 is 0 Å². The average Bonchev–Trinajstić information content (AvgIpc) is 2.52. The largest absolute Gasteiger partial charge is 0.378 e. The molecule has 2 bridgehead atoms. The van der Waals surface area contributed by atoms with Gasteiger partial charge in [-0.3, -0.25) is 9.69 Å². The molecule has 1 amide bonds. The molecule has 4 rings (SSSR count). The maximum absolute atomic E-state index is 11.6. The summed E-state index contributed by atoms with van der Waals surface area (Å²) < 4.78 is 11.6. The van der Waals surface area contributed by atoms with E-state index in [9.17, 15) is 4.79 Å². The van der Waals surface area contributed by atoms with Gasteiger partial charge in [-0.05, 0) is 30.5 Å². The van der Waals surface area contributed by atoms with Crippen molar-refractivity contribution in [2.75, 3.05) is 33.4 Å². The predicted molar refractivity (Wildman–Crippen MR) is 90.7 cm³/mol. The summed E-state index contributed by atoms with van der Waals surface area (Å²) in [5, 5.41) is 0. The SMILES string of the molecule is COC1(c2cccc(C(N)=O)c2)C2CCCC1CN(C1COC1)C2. The second-order valence-corrected chi connectivity index (χ2v) is 7.41. The molecular formula is C19H26N2O3. The first-order valence-electron chi connectivity index (χ1n) is 8.92. The second-order valence-electron chi connectivity index (χ2n) is 7.41. The van der Waals surface area contributed by atoms with Crippen molar-refractivity contribution in [3.8, 4) is 0 Å². The number of nitrogens with two attached hydrogens (primary N) is 1. The number of fused-ring (bicyclic) bond motifs is 2. The van der Waals surface area contributed by atoms with Crippen molar-refractivity contribution >= 4 is 5.91 Å². The molecule has 3 fully saturated rings. The third-order valence-corrected chi connectivity index (χ3v) is 6.30. The lowest BCUT2D eigenvalue weighted by atomic mass is 9.62. The number of carbonyl (C=O) groups excluding carboxylic acids is 1. The monoisotopic (exact) mass is 330 g/mol. The van der Waals surface area contributed by atoms with Crippen LogP contribution in [-0.4, -0.2) is 50.3 Å². The quantitative estimate of drug-likeness (QED) is 0.914. The molecule has 1 aromatic rings. The summed E-state index contributed by atoms with van der Waals surface area (Å²) in [7, 11) is 1.82. The van der Waals surface area contributed by atoms with Gasteiger partial charge in [0.15, 0.2) is 0 Å². The lowest BCUT2D eigenvalue weighted by molar-refractivity contribution is -0.191. The van der Waals surface area contributed by atoms with E-state index in [1.165, 1.54) is 6.42 Å². The zero-order valence-corrected chi connectivity index (χ0v) is 14.2. The minimum Gasteiger partial charge on any atom is -0.378 e. The smallest absolute Gasteiger partial charge is 0.248 e. The number of benzene rings is 1. The van der Waals surface area contributed by atoms with Crippen molar-refractivity contribution in [1.29, 1.82) is 0 Å². The van der Waals surface area contributed by atoms with Gasteiger partial charge in [0.25, 0.3) is 0 Å². The molecule has 5 nitrogen and oxygen atoms in total. The van der Waals surface area contributed by atoms with Gasteiger partial charge in [-0.2, -0.15) is 0 Å². The number of rotatable bonds is 4. The van der Waals surface area contributed by atoms with Crippen LogP contribution in [0.4, 0.5) is 0 Å². The van der Waals surface area contributed by atoms with Crippen LogP contribution in [0.3, 0.4) is 0 Å². The maximum atomic E-state index is 11.6. The van der Waals surface area contributed by atoms with Gasteiger partial charge in [0.1, 0.15) is 5.60 Å². The van der Waals surface area contributed by atoms with E-state index in [0.717, 1.165) is 44.7 Å². The summed E-state index contributed by atoms with van der Waals surface area (Å²) in [5.41, 5.74) is 6.88. The van der Waals surface area contributed by atoms with E-state index in [2.05, 4.69) is 11.0 Å². The number of amides is 1. The number of piperidine rings is 1. The molecule has 2 atom stereocenters. The number of methoxy groups -OCH3 is 1. The summed E-state index contributed by atoms with van der Waals surface area (Å²) in [4.78, 5) is 14.2. The first-order chi connectivity index (χ1) is 11.6. The van der Waals surface area contributed by atoms with E-state index in [4.69, 9.17) is 15.2 Å². The molecule has 2 aliphatic heterocycles. The van der Waals surface area contributed by atoms with Crippen LogP contribution < -0.4 is 5.73 Å². The van der Waals surface area contributed by atoms with E-state index in [1.807, 2.05) is 19.2 Å². The molecule has 2 unspecified atom stereocenters. The number of primary amides is 1. The molecule has 1 aliphatic carbocycles. The number of carbonyl (C=O) groups is 1. The van der Waals surface area contributed by atoms with Crippen LogP contribution in [0.15, 0.2) is 24.3 Å². The maximum Gasteiger partial charge on any atom is 0.248 e. The van der Waals surface area contributed by atoms with Gasteiger partial charge in [-0.1, -0.05) is 18.6 Å². The number of hydrogen-bond acceptors (Lipinski definition) is 4. The summed E-state index contributed by atoms with van der Waals surface area (Å²) in [6, 6.07) is 8.33. The van der Waals surface area contributed by atoms with Gasteiger partial charge in [-0.25, -0.2) is 0 Å². The van der Waals surface area contributed by atoms with Gasteiger partial charge < -0.3 is 15.2 Å². The van der Waals surface area contributed by atoms with Crippen LogP contribution >= 0.6 is 0 Å². The van der Waals surface area contributed by atoms with Gasteiger partial charge in [0.2, 0.25) is 5.91 Å². The fourth-order valence-corrected chi connectivity index (χ4v) is 5.04. The lowest BCUT2D eigenvalue weighted by Gasteiger charge is -2.57. The average molecular weight is 330 g/mol. The molecule has 3 aliphatic rings. The lowest BCUT2D eigenvalue weighted by Crippen LogP contribution is -2.63. The molecule has 24 heavy (non-hydrogen) atoms. The van der Waals surface area contributed by atoms with E-state index in [1.54, 1.807) is 6.07 Å². The topological polar surface area (TPSA) is 64.8 Å². The summed E-state index contributed by atoms with van der Waals surface area (Å²) in [6.45, 7) is 3.80. The first kappa shape index (κ1) is 16.1. The van der Waals surface area contributed by atoms with E-state index in [-0.39, 0.29) is 11.5 Å². The highest BCUT2D eigenvalue weighted by Crippen LogP contribution is 2.52. The Morgan fingerprint density at radius 2 is 2.00 bits per heavy atom. The highest BCUT2D eigenvalue weighted by atomic mass is 16.5. The van der Waals surface area contributed by atoms with Gasteiger partial charge in [0, 0.05) is 37.6 Å². The predicted octanol–water partition coefficient (Wildman–Crippen LogP) is 1.76. The van der Waals surface area contributed by atoms with Crippen molar-refractivity contribution in [2.24, 2.45) is 17.6 Å². The Morgan fingerprint density at radius 1 is 1.29 bits per heavy atom. The number of hydrogen-bond donors (Lipinski definition) is 1. The van der Waals surface area contributed by atoms with E-state index in [0.29, 0.717) is 23.4 Å². The van der Waals surface area contributed by atoms with Gasteiger partial charge in [0.05, 0.1) is 19.3 Å². The zero-order chi connectivity index (χ0) is 16.7. The van der Waals surface area contributed by atoms with Crippen molar-refractivity contribution in [1.82, 2.24) is 4.90 Å². The summed E-state index contributed by atoms with van der Waals surface area (Å²) in [6.07, 6.45) is 3.58. The Hall–Kier alpha value is -1.43. The van der Waals surface area contributed by atoms with Crippen molar-refractivity contribution in [3.05, 3.63) is 35.4 Å². The highest BCUT2D eigenvalue weighted by molar-refractivity contribution is 5.92. The Morgan fingerprint density at radius 3 is 2.54 bits per heavy atom. The van der Waals surface area contributed by atoms with Crippen LogP contribution in [0.25, 0.3) is 0 Å². The van der Waals surface area contributed by atoms with Crippen molar-refractivity contribution in [3.63, 3.8) is 0 Å². The normalized spacial score (nSPS) is 33.9. The molecular weight excluding hydrogens is 304 g/mol. The van der Waals surface area contributed by atoms with Crippen LogP contribution in [0, 0.1) is 11.8 Å². The fraction of sp³-hybridized carbons (Fsp3) is 0.632. The van der Waals surface area contributed by atoms with Crippen LogP contribution in [0.1, 0.15) is 35.2 Å². The number of likely N-dealkylation sites (tertiary alicyclic amines) is 1. The Balaban J connectivity index is 1.70. The second kappa shape index (κ2) is 6.14. The van der Waals surface area contributed by atoms with Crippen molar-refractivity contribution in [2.45, 2.75) is 30.9 Å². The Kier molecular flexibility index (Phi) is 4.11. The zero-order valence-electron chi connectivity index (χ0n) is 14.2. The molecule has 2 heterocycles. The van der Waals surface area contributed by atoms with Crippen LogP contribution in [-0.2, 0) is 15.1 Å². The number of nitrogens with zero attached hydrogens (tertiary/aromatic N) is 1. The molecule has 1 aromatic carbocycles. The molecule has 2 saturated heterocycles. The minimum absolute atomic E-state index is 0.301. The molecule has 0 radical (unpaired) electrons. The molecule has 0 spiro atoms. The molecule has 2 N–H and O–H groups in total. The number of ether oxygens (including phenoxy) is 2. The fourth-order valence-electron chi connectivity index (χ4n) is 5.04. The minimum atomic E-state index is -0.377. The molecule has 130 valence electrons. The first-order valence-corrected chi connectivity index (χ1v) is 8.92. The van der Waals surface area contributed by atoms with Gasteiger partial charge >= 0.3 is 0 Å². The highest BCUT2D eigenvalue weighted by Gasteiger charge is 2.54. The summed E-state index contributed by atoms with van der Waals surface area (Å²) >= 11 is 0. The van der Waals surface area contributed by atoms with Crippen molar-refractivity contribution < 1.29 is 14.3 Å². The van der Waals surface area contributed by atoms with Crippen LogP contribution in [0.5, 0.6) is 0 Å². The summed E-state index contributed by atoms with van der Waals surface area (Å²) in [5.74, 6) is 0.509. The molecule has 0 aromatic heterocycles. The standard InChI is InChI=1S/C19H26N2O3/c1-23-19(14-5-2-4-13(8-14)18(20)22)15-6-3-7-16(19)10-21(9-15)17-11-24-12-17/h2,4-5,8,15-17H,3,6-7,9-12H2,1H3,(H2,20,22). The van der Waals surface area contributed by atoms with Gasteiger partial charge in [-0.15, -0.1) is 0 Å². The molecule has 5 heteroatoms. The molecule has 1 saturated carbocycles. The van der Waals surface area contributed by atoms with Crippen LogP contribution in [0.2, 0.25) is 0 Å². The Bertz CT molecular complexity index is 615. The van der Waals surface area contributed by atoms with E-state index < -0.39 is 0 Å². The third-order valence-electron chi connectivity index (χ3n) is 6.30. The Labute approximate surface area is 143 Å².